The number of nitrogens with zero attached hydrogens (tertiary/aromatic N) is 9. The van der Waals surface area contributed by atoms with Crippen LogP contribution < -0.4 is 22.5 Å². The summed E-state index contributed by atoms with van der Waals surface area (Å²) in [4.78, 5) is 90.2. The number of azide groups is 1. The molecule has 4 aliphatic rings. The van der Waals surface area contributed by atoms with Gasteiger partial charge >= 0.3 is 33.4 Å². The number of aromatic nitrogens is 2. The number of hydrogen-bond acceptors (Lipinski definition) is 23. The Morgan fingerprint density at radius 2 is 1.86 bits per heavy atom. The second-order valence-electron chi connectivity index (χ2n) is 16.3. The summed E-state index contributed by atoms with van der Waals surface area (Å²) in [6.07, 6.45) is -9.44. The number of alkyl carbamates (subject to hydrolysis) is 1. The minimum atomic E-state index is -5.27. The highest BCUT2D eigenvalue weighted by molar-refractivity contribution is 8.77. The number of carbonyl (C=O) groups is 2. The number of nitrogens with two attached hydrogens (primary N) is 2. The van der Waals surface area contributed by atoms with Gasteiger partial charge in [-0.2, -0.15) is 4.98 Å². The SMILES string of the molecule is CC(C)SSC(CN=[N+]=[N-])C[C@H](NC(=O)OC(C)(C)C)C(=O)O[C@H]1[C@@H](O)[C@H](N2C=NC3(C)C(N)=NC=NC23)O[C@@H]1COP(=O)(O)O[C@H]1C[C@H](n2ccc(N)nc2=O)O[C@@H]1COP(=O)(O)O. The van der Waals surface area contributed by atoms with Crippen LogP contribution in [0.1, 0.15) is 60.6 Å². The van der Waals surface area contributed by atoms with Gasteiger partial charge in [0.05, 0.1) is 19.6 Å². The summed E-state index contributed by atoms with van der Waals surface area (Å²) >= 11 is 0. The number of nitrogen functional groups attached to an aromatic ring is 1. The molecular formula is C33H52N12O16P2S2. The van der Waals surface area contributed by atoms with Crippen LogP contribution >= 0.6 is 37.2 Å². The minimum Gasteiger partial charge on any atom is -0.455 e. The molecule has 5 rings (SSSR count). The molecule has 9 N–H and O–H groups in total. The van der Waals surface area contributed by atoms with E-state index in [0.29, 0.717) is 0 Å². The number of nitrogens with one attached hydrogen (secondary N) is 1. The van der Waals surface area contributed by atoms with E-state index in [0.717, 1.165) is 4.57 Å². The summed E-state index contributed by atoms with van der Waals surface area (Å²) in [5, 5.41) is 17.6. The van der Waals surface area contributed by atoms with E-state index < -0.39 is 118 Å². The van der Waals surface area contributed by atoms with E-state index >= 15 is 0 Å². The largest absolute Gasteiger partial charge is 0.472 e. The van der Waals surface area contributed by atoms with Gasteiger partial charge in [0.15, 0.2) is 24.0 Å². The number of phosphoric acid groups is 2. The summed E-state index contributed by atoms with van der Waals surface area (Å²) in [5.41, 5.74) is 17.7. The van der Waals surface area contributed by atoms with E-state index in [9.17, 15) is 43.3 Å². The molecule has 0 spiro atoms. The van der Waals surface area contributed by atoms with E-state index in [-0.39, 0.29) is 36.3 Å². The van der Waals surface area contributed by atoms with E-state index in [1.165, 1.54) is 51.4 Å². The third kappa shape index (κ3) is 14.1. The van der Waals surface area contributed by atoms with Crippen LogP contribution in [-0.4, -0.2) is 155 Å². The number of esters is 1. The molecule has 12 atom stereocenters. The third-order valence-corrected chi connectivity index (χ3v) is 14.6. The van der Waals surface area contributed by atoms with Crippen molar-refractivity contribution in [3.63, 3.8) is 0 Å². The first-order chi connectivity index (χ1) is 30.3. The number of anilines is 1. The van der Waals surface area contributed by atoms with E-state index in [4.69, 9.17) is 45.0 Å². The van der Waals surface area contributed by atoms with Gasteiger partial charge in [0, 0.05) is 34.6 Å². The molecule has 0 aliphatic carbocycles. The van der Waals surface area contributed by atoms with Crippen molar-refractivity contribution < 1.29 is 71.0 Å². The molecular weight excluding hydrogens is 947 g/mol. The smallest absolute Gasteiger partial charge is 0.455 e. The van der Waals surface area contributed by atoms with E-state index in [2.05, 4.69) is 39.8 Å². The maximum atomic E-state index is 14.2. The van der Waals surface area contributed by atoms with Crippen molar-refractivity contribution in [3.8, 4) is 0 Å². The second-order valence-corrected chi connectivity index (χ2v) is 22.1. The molecule has 0 radical (unpaired) electrons. The molecule has 32 heteroatoms. The van der Waals surface area contributed by atoms with Crippen LogP contribution in [0.4, 0.5) is 10.6 Å². The standard InChI is InChI=1S/C33H52N12O16P2S2/c1-16(2)64-65-17(11-40-43-36)9-18(41-31(49)60-32(3,4)5)27(47)59-25-21(58-26(24(25)46)45-15-39-33(6)28(35)37-14-38-29(33)45)13-56-63(53,54)61-19-10-23(44-8-7-22(34)42-30(44)48)57-20(19)12-55-62(50,51)52/h7-8,14-21,23-26,29,46H,9-13H2,1-6H3,(H,41,49)(H,53,54)(H2,34,42,48)(H2,35,37,38)(H2,50,51,52)/t17?,18-,19-,20+,21+,23+,24+,25+,26+,29?,33?/m0/s1. The summed E-state index contributed by atoms with van der Waals surface area (Å²) in [7, 11) is -7.63. The zero-order chi connectivity index (χ0) is 48.1. The van der Waals surface area contributed by atoms with Gasteiger partial charge in [0.2, 0.25) is 0 Å². The Morgan fingerprint density at radius 3 is 2.51 bits per heavy atom. The van der Waals surface area contributed by atoms with Crippen LogP contribution in [0.15, 0.2) is 37.1 Å². The number of hydrogen-bond donors (Lipinski definition) is 7. The van der Waals surface area contributed by atoms with Gasteiger partial charge in [0.1, 0.15) is 60.3 Å². The molecule has 0 bridgehead atoms. The van der Waals surface area contributed by atoms with Crippen LogP contribution in [0.3, 0.4) is 0 Å². The molecule has 2 saturated heterocycles. The topological polar surface area (TPSA) is 402 Å². The molecule has 362 valence electrons. The molecule has 1 aromatic rings. The number of aliphatic imine (C=N–C) groups is 3. The molecule has 65 heavy (non-hydrogen) atoms. The van der Waals surface area contributed by atoms with Crippen LogP contribution in [0.5, 0.6) is 0 Å². The lowest BCUT2D eigenvalue weighted by Crippen LogP contribution is -2.57. The van der Waals surface area contributed by atoms with Gasteiger partial charge in [-0.15, -0.1) is 0 Å². The predicted molar refractivity (Wildman–Crippen MR) is 233 cm³/mol. The highest BCUT2D eigenvalue weighted by Crippen LogP contribution is 2.50. The number of aliphatic hydroxyl groups excluding tert-OH is 1. The molecule has 4 unspecified atom stereocenters. The van der Waals surface area contributed by atoms with Crippen LogP contribution in [-0.2, 0) is 46.4 Å². The molecule has 1 amide bonds. The Balaban J connectivity index is 1.41. The van der Waals surface area contributed by atoms with Crippen molar-refractivity contribution in [1.29, 1.82) is 0 Å². The number of aliphatic hydroxyl groups is 1. The van der Waals surface area contributed by atoms with Crippen LogP contribution in [0.25, 0.3) is 10.4 Å². The fourth-order valence-electron chi connectivity index (χ4n) is 6.69. The van der Waals surface area contributed by atoms with Gasteiger partial charge in [-0.3, -0.25) is 23.1 Å². The van der Waals surface area contributed by atoms with Gasteiger partial charge < -0.3 is 60.4 Å². The number of carbonyl (C=O) groups excluding carboxylic acids is 2. The summed E-state index contributed by atoms with van der Waals surface area (Å²) < 4.78 is 64.7. The van der Waals surface area contributed by atoms with Crippen molar-refractivity contribution in [2.75, 3.05) is 25.5 Å². The van der Waals surface area contributed by atoms with Crippen molar-refractivity contribution in [2.45, 2.75) is 131 Å². The average molecular weight is 999 g/mol. The quantitative estimate of drug-likeness (QED) is 0.0242. The van der Waals surface area contributed by atoms with Crippen molar-refractivity contribution in [1.82, 2.24) is 19.8 Å². The fourth-order valence-corrected chi connectivity index (χ4v) is 10.3. The van der Waals surface area contributed by atoms with E-state index in [1.54, 1.807) is 27.7 Å². The van der Waals surface area contributed by atoms with Crippen LogP contribution in [0.2, 0.25) is 0 Å². The van der Waals surface area contributed by atoms with Gasteiger partial charge in [-0.05, 0) is 45.7 Å². The monoisotopic (exact) mass is 998 g/mol. The minimum absolute atomic E-state index is 0.0879. The van der Waals surface area contributed by atoms with Crippen molar-refractivity contribution in [2.24, 2.45) is 25.8 Å². The Kier molecular flexibility index (Phi) is 17.2. The second kappa shape index (κ2) is 21.4. The van der Waals surface area contributed by atoms with Gasteiger partial charge in [0.25, 0.3) is 0 Å². The predicted octanol–water partition coefficient (Wildman–Crippen LogP) is 1.30. The molecule has 2 fully saturated rings. The maximum Gasteiger partial charge on any atom is 0.472 e. The summed E-state index contributed by atoms with van der Waals surface area (Å²) in [6, 6.07) is -0.210. The van der Waals surface area contributed by atoms with Gasteiger partial charge in [-0.1, -0.05) is 40.5 Å². The zero-order valence-electron chi connectivity index (χ0n) is 35.8. The first-order valence-electron chi connectivity index (χ1n) is 19.7. The fraction of sp³-hybridized carbons (Fsp3) is 0.727. The molecule has 0 saturated carbocycles. The lowest BCUT2D eigenvalue weighted by Gasteiger charge is -2.36. The number of fused-ring (bicyclic) bond motifs is 1. The average Bonchev–Trinajstić information content (AvgIpc) is 3.85. The lowest BCUT2D eigenvalue weighted by atomic mass is 9.97. The molecule has 5 heterocycles. The molecule has 0 aromatic carbocycles. The highest BCUT2D eigenvalue weighted by atomic mass is 33.1. The third-order valence-electron chi connectivity index (χ3n) is 9.65. The number of phosphoric ester groups is 2. The van der Waals surface area contributed by atoms with Gasteiger partial charge in [-0.25, -0.2) is 33.5 Å². The first kappa shape index (κ1) is 52.1. The van der Waals surface area contributed by atoms with Crippen molar-refractivity contribution >= 4 is 73.6 Å². The highest BCUT2D eigenvalue weighted by Gasteiger charge is 2.56. The maximum absolute atomic E-state index is 14.2. The molecule has 28 nitrogen and oxygen atoms in total. The summed E-state index contributed by atoms with van der Waals surface area (Å²) in [6.45, 7) is 8.42. The number of amides is 1. The Hall–Kier alpha value is -3.86. The zero-order valence-corrected chi connectivity index (χ0v) is 39.2. The Bertz CT molecular complexity index is 2190. The number of ether oxygens (including phenoxy) is 4. The number of rotatable bonds is 20. The van der Waals surface area contributed by atoms with E-state index in [1.807, 2.05) is 13.8 Å². The first-order valence-corrected chi connectivity index (χ1v) is 25.0. The number of amidine groups is 1. The van der Waals surface area contributed by atoms with Crippen LogP contribution in [0, 0.1) is 0 Å². The van der Waals surface area contributed by atoms with Crippen molar-refractivity contribution in [3.05, 3.63) is 33.2 Å². The molecule has 4 aliphatic heterocycles. The normalized spacial score (nSPS) is 29.4. The molecule has 1 aromatic heterocycles. The summed E-state index contributed by atoms with van der Waals surface area (Å²) in [5.74, 6) is -1.14. The lowest BCUT2D eigenvalue weighted by molar-refractivity contribution is -0.159. The Labute approximate surface area is 379 Å². The Morgan fingerprint density at radius 1 is 1.15 bits per heavy atom.